The third-order valence-electron chi connectivity index (χ3n) is 9.95. The molecule has 0 spiro atoms. The number of benzene rings is 2. The van der Waals surface area contributed by atoms with Crippen LogP contribution in [0, 0.1) is 11.8 Å². The molecule has 2 heterocycles. The minimum Gasteiger partial charge on any atom is -0.670 e. The molecule has 41 heavy (non-hydrogen) atoms. The highest BCUT2D eigenvalue weighted by Gasteiger charge is 2.43. The van der Waals surface area contributed by atoms with E-state index in [1.54, 1.807) is 18.5 Å². The Morgan fingerprint density at radius 1 is 0.927 bits per heavy atom. The number of aromatic hydroxyl groups is 3. The standard InChI is InChI=1S/C34H42NO6/c1-19-4-3-5-23(12-19)25-14-21(7-9-28(25)36)22-6-8-24-29(37)17-32(41-31(24)15-22)26-16-30(38)33(39)34(40-2)27(26)13-20-10-11-35-18-20/h7,9-11,14,16,18-19,22-24,29,31-32,36-39H,3-6,8,12-13,15,17H2,1-2H3/q-1. The van der Waals surface area contributed by atoms with Gasteiger partial charge in [-0.1, -0.05) is 43.5 Å². The predicted molar refractivity (Wildman–Crippen MR) is 156 cm³/mol. The number of fused-ring (bicyclic) bond motifs is 1. The van der Waals surface area contributed by atoms with E-state index in [-0.39, 0.29) is 35.2 Å². The minimum absolute atomic E-state index is 0.0496. The molecule has 7 atom stereocenters. The summed E-state index contributed by atoms with van der Waals surface area (Å²) in [6.07, 6.45) is 10.6. The van der Waals surface area contributed by atoms with Crippen LogP contribution in [0.3, 0.4) is 0 Å². The van der Waals surface area contributed by atoms with Crippen molar-refractivity contribution in [2.75, 3.05) is 7.11 Å². The van der Waals surface area contributed by atoms with Crippen LogP contribution in [0.5, 0.6) is 23.0 Å². The molecule has 0 radical (unpaired) electrons. The van der Waals surface area contributed by atoms with Crippen LogP contribution in [0.15, 0.2) is 42.7 Å². The molecular weight excluding hydrogens is 518 g/mol. The molecule has 1 saturated heterocycles. The lowest BCUT2D eigenvalue weighted by Gasteiger charge is -2.45. The zero-order valence-electron chi connectivity index (χ0n) is 24.0. The molecule has 0 amide bonds. The number of hydrogen-bond donors (Lipinski definition) is 4. The number of rotatable bonds is 6. The maximum absolute atomic E-state index is 11.3. The van der Waals surface area contributed by atoms with Gasteiger partial charge in [-0.2, -0.15) is 12.4 Å². The zero-order chi connectivity index (χ0) is 28.7. The molecule has 2 aromatic carbocycles. The number of nitrogens with zero attached hydrogens (tertiary/aromatic N) is 1. The van der Waals surface area contributed by atoms with Crippen molar-refractivity contribution in [2.45, 2.75) is 94.9 Å². The number of hydrogen-bond acceptors (Lipinski definition) is 6. The number of aromatic nitrogens is 1. The fourth-order valence-electron chi connectivity index (χ4n) is 7.80. The Kier molecular flexibility index (Phi) is 7.92. The van der Waals surface area contributed by atoms with Gasteiger partial charge >= 0.3 is 0 Å². The number of ether oxygens (including phenoxy) is 2. The largest absolute Gasteiger partial charge is 0.670 e. The van der Waals surface area contributed by atoms with E-state index in [4.69, 9.17) is 9.47 Å². The van der Waals surface area contributed by atoms with Crippen LogP contribution in [-0.4, -0.2) is 39.7 Å². The second-order valence-electron chi connectivity index (χ2n) is 12.6. The van der Waals surface area contributed by atoms with Crippen molar-refractivity contribution in [1.29, 1.82) is 0 Å². The molecule has 7 nitrogen and oxygen atoms in total. The molecule has 3 aliphatic rings. The van der Waals surface area contributed by atoms with Crippen LogP contribution in [0.25, 0.3) is 0 Å². The van der Waals surface area contributed by atoms with Gasteiger partial charge in [-0.15, -0.1) is 0 Å². The molecule has 6 rings (SSSR count). The van der Waals surface area contributed by atoms with E-state index in [0.29, 0.717) is 30.4 Å². The predicted octanol–water partition coefficient (Wildman–Crippen LogP) is 6.43. The van der Waals surface area contributed by atoms with Gasteiger partial charge < -0.3 is 34.9 Å². The van der Waals surface area contributed by atoms with E-state index in [2.05, 4.69) is 24.0 Å². The van der Waals surface area contributed by atoms with Crippen LogP contribution in [0.2, 0.25) is 0 Å². The fourth-order valence-corrected chi connectivity index (χ4v) is 7.80. The molecule has 7 heteroatoms. The Labute approximate surface area is 242 Å². The molecular formula is C34H42NO6-. The van der Waals surface area contributed by atoms with E-state index in [1.165, 1.54) is 25.5 Å². The molecule has 3 aromatic rings. The summed E-state index contributed by atoms with van der Waals surface area (Å²) in [6.45, 7) is 2.31. The lowest BCUT2D eigenvalue weighted by Crippen LogP contribution is -2.44. The van der Waals surface area contributed by atoms with Crippen LogP contribution in [-0.2, 0) is 11.2 Å². The number of aliphatic hydroxyl groups excluding tert-OH is 1. The van der Waals surface area contributed by atoms with Crippen molar-refractivity contribution in [2.24, 2.45) is 11.8 Å². The van der Waals surface area contributed by atoms with Crippen molar-refractivity contribution >= 4 is 0 Å². The van der Waals surface area contributed by atoms with Gasteiger partial charge in [0.1, 0.15) is 5.75 Å². The van der Waals surface area contributed by atoms with Crippen molar-refractivity contribution in [3.8, 4) is 23.0 Å². The smallest absolute Gasteiger partial charge is 0.200 e. The first-order chi connectivity index (χ1) is 19.8. The van der Waals surface area contributed by atoms with Gasteiger partial charge in [0.15, 0.2) is 11.5 Å². The number of phenolic OH excluding ortho intramolecular Hbond substituents is 3. The summed E-state index contributed by atoms with van der Waals surface area (Å²) in [7, 11) is 1.48. The summed E-state index contributed by atoms with van der Waals surface area (Å²) in [6, 6.07) is 9.62. The maximum Gasteiger partial charge on any atom is 0.200 e. The normalized spacial score (nSPS) is 30.1. The summed E-state index contributed by atoms with van der Waals surface area (Å²) in [5, 5.41) is 43.2. The van der Waals surface area contributed by atoms with E-state index in [9.17, 15) is 20.4 Å². The summed E-state index contributed by atoms with van der Waals surface area (Å²) < 4.78 is 12.3. The van der Waals surface area contributed by atoms with Gasteiger partial charge in [0.25, 0.3) is 0 Å². The third-order valence-corrected chi connectivity index (χ3v) is 9.95. The fraction of sp³-hybridized carbons (Fsp3) is 0.529. The first-order valence-electron chi connectivity index (χ1n) is 15.2. The van der Waals surface area contributed by atoms with Crippen LogP contribution in [0.1, 0.15) is 104 Å². The van der Waals surface area contributed by atoms with Crippen molar-refractivity contribution in [1.82, 2.24) is 4.98 Å². The summed E-state index contributed by atoms with van der Waals surface area (Å²) in [5.41, 5.74) is 4.72. The van der Waals surface area contributed by atoms with Gasteiger partial charge in [-0.25, -0.2) is 0 Å². The molecule has 2 saturated carbocycles. The van der Waals surface area contributed by atoms with Crippen molar-refractivity contribution in [3.05, 3.63) is 70.5 Å². The molecule has 2 aliphatic carbocycles. The highest BCUT2D eigenvalue weighted by Crippen LogP contribution is 2.50. The second kappa shape index (κ2) is 11.6. The van der Waals surface area contributed by atoms with Gasteiger partial charge in [-0.05, 0) is 85.1 Å². The molecule has 0 bridgehead atoms. The molecule has 1 aliphatic heterocycles. The minimum atomic E-state index is -0.533. The lowest BCUT2D eigenvalue weighted by molar-refractivity contribution is -0.154. The Morgan fingerprint density at radius 2 is 1.78 bits per heavy atom. The Hall–Kier alpha value is -3.16. The summed E-state index contributed by atoms with van der Waals surface area (Å²) in [4.78, 5) is 4.16. The molecule has 4 N–H and O–H groups in total. The first-order valence-corrected chi connectivity index (χ1v) is 15.2. The number of phenols is 3. The molecule has 1 aromatic heterocycles. The zero-order valence-corrected chi connectivity index (χ0v) is 24.0. The average molecular weight is 561 g/mol. The van der Waals surface area contributed by atoms with Gasteiger partial charge in [0.2, 0.25) is 5.75 Å². The van der Waals surface area contributed by atoms with Gasteiger partial charge in [-0.3, -0.25) is 0 Å². The quantitative estimate of drug-likeness (QED) is 0.257. The Balaban J connectivity index is 1.27. The molecule has 3 fully saturated rings. The molecule has 220 valence electrons. The Morgan fingerprint density at radius 3 is 2.54 bits per heavy atom. The summed E-state index contributed by atoms with van der Waals surface area (Å²) in [5.74, 6) is 1.47. The Bertz CT molecular complexity index is 1350. The summed E-state index contributed by atoms with van der Waals surface area (Å²) >= 11 is 0. The van der Waals surface area contributed by atoms with Crippen LogP contribution in [0.4, 0.5) is 0 Å². The third kappa shape index (κ3) is 5.54. The van der Waals surface area contributed by atoms with Gasteiger partial charge in [0.05, 0.1) is 25.4 Å². The highest BCUT2D eigenvalue weighted by molar-refractivity contribution is 5.59. The molecule has 7 unspecified atom stereocenters. The van der Waals surface area contributed by atoms with Crippen molar-refractivity contribution in [3.63, 3.8) is 0 Å². The second-order valence-corrected chi connectivity index (χ2v) is 12.6. The van der Waals surface area contributed by atoms with E-state index in [1.807, 2.05) is 12.1 Å². The van der Waals surface area contributed by atoms with Gasteiger partial charge in [0, 0.05) is 17.9 Å². The van der Waals surface area contributed by atoms with Crippen LogP contribution < -0.4 is 9.72 Å². The highest BCUT2D eigenvalue weighted by atomic mass is 16.5. The van der Waals surface area contributed by atoms with E-state index in [0.717, 1.165) is 54.4 Å². The lowest BCUT2D eigenvalue weighted by atomic mass is 9.71. The van der Waals surface area contributed by atoms with Crippen LogP contribution >= 0.6 is 0 Å². The van der Waals surface area contributed by atoms with E-state index < -0.39 is 12.2 Å². The monoisotopic (exact) mass is 560 g/mol. The first kappa shape index (κ1) is 28.0. The van der Waals surface area contributed by atoms with Crippen molar-refractivity contribution < 1.29 is 29.9 Å². The topological polar surface area (TPSA) is 113 Å². The SMILES string of the molecule is COc1c(O)c(O)cc(C2CC(O)C3CCC(c4ccc(O)c(C5CCCC(C)C5)c4)CC3O2)c1Cc1cc[n-]c1. The number of aliphatic hydroxyl groups is 1. The average Bonchev–Trinajstić information content (AvgIpc) is 3.48. The maximum atomic E-state index is 11.3. The number of methoxy groups -OCH3 is 1. The van der Waals surface area contributed by atoms with E-state index >= 15 is 0 Å².